The molecule has 4 saturated carbocycles. The van der Waals surface area contributed by atoms with E-state index in [2.05, 4.69) is 20.6 Å². The second kappa shape index (κ2) is 6.50. The number of rotatable bonds is 5. The summed E-state index contributed by atoms with van der Waals surface area (Å²) in [5.74, 6) is 2.17. The fourth-order valence-corrected chi connectivity index (χ4v) is 6.40. The molecule has 7 heteroatoms. The predicted molar refractivity (Wildman–Crippen MR) is 106 cm³/mol. The number of H-pyrrole nitrogens is 2. The molecule has 6 rings (SSSR count). The molecular weight excluding hydrogens is 356 g/mol. The van der Waals surface area contributed by atoms with E-state index < -0.39 is 0 Å². The topological polar surface area (TPSA) is 107 Å². The minimum absolute atomic E-state index is 0.0116. The highest BCUT2D eigenvalue weighted by Gasteiger charge is 2.51. The van der Waals surface area contributed by atoms with Crippen LogP contribution in [0.1, 0.15) is 44.9 Å². The molecule has 4 fully saturated rings. The predicted octanol–water partition coefficient (Wildman–Crippen LogP) is 2.52. The van der Waals surface area contributed by atoms with Crippen LogP contribution >= 0.6 is 0 Å². The molecule has 4 N–H and O–H groups in total. The van der Waals surface area contributed by atoms with Crippen LogP contribution in [0.15, 0.2) is 23.0 Å². The standard InChI is InChI=1S/C21H26N4O3/c26-18(10-21-7-12-3-13(8-21)5-14(4-12)9-21)22-11-19(27)23-15-1-2-16-17(6-15)25-20(28)24-16/h1-2,6,12-14H,3-5,7-11H2,(H,22,26)(H,23,27)(H2,24,25,28). The van der Waals surface area contributed by atoms with Gasteiger partial charge in [0.05, 0.1) is 17.6 Å². The number of aromatic nitrogens is 2. The van der Waals surface area contributed by atoms with Gasteiger partial charge in [0.25, 0.3) is 0 Å². The van der Waals surface area contributed by atoms with E-state index in [0.717, 1.165) is 17.8 Å². The summed E-state index contributed by atoms with van der Waals surface area (Å²) in [4.78, 5) is 41.4. The van der Waals surface area contributed by atoms with Crippen LogP contribution in [0.5, 0.6) is 0 Å². The van der Waals surface area contributed by atoms with Gasteiger partial charge < -0.3 is 20.6 Å². The summed E-state index contributed by atoms with van der Waals surface area (Å²) >= 11 is 0. The van der Waals surface area contributed by atoms with Crippen LogP contribution in [0.4, 0.5) is 5.69 Å². The molecule has 0 radical (unpaired) electrons. The molecular formula is C21H26N4O3. The number of imidazole rings is 1. The molecule has 148 valence electrons. The molecule has 1 aromatic carbocycles. The molecule has 4 bridgehead atoms. The third-order valence-corrected chi connectivity index (χ3v) is 6.95. The first kappa shape index (κ1) is 17.5. The van der Waals surface area contributed by atoms with Gasteiger partial charge in [-0.15, -0.1) is 0 Å². The molecule has 1 heterocycles. The van der Waals surface area contributed by atoms with Crippen molar-refractivity contribution in [3.63, 3.8) is 0 Å². The van der Waals surface area contributed by atoms with Crippen molar-refractivity contribution in [2.75, 3.05) is 11.9 Å². The van der Waals surface area contributed by atoms with Crippen molar-refractivity contribution in [3.05, 3.63) is 28.7 Å². The zero-order valence-electron chi connectivity index (χ0n) is 15.8. The third-order valence-electron chi connectivity index (χ3n) is 6.95. The van der Waals surface area contributed by atoms with Crippen LogP contribution in [0.2, 0.25) is 0 Å². The van der Waals surface area contributed by atoms with E-state index in [1.165, 1.54) is 38.5 Å². The maximum atomic E-state index is 12.5. The minimum atomic E-state index is -0.282. The first-order valence-corrected chi connectivity index (χ1v) is 10.2. The Bertz CT molecular complexity index is 954. The third kappa shape index (κ3) is 3.34. The number of carbonyl (C=O) groups excluding carboxylic acids is 2. The highest BCUT2D eigenvalue weighted by molar-refractivity contribution is 5.96. The number of benzene rings is 1. The van der Waals surface area contributed by atoms with Crippen LogP contribution in [0.25, 0.3) is 11.0 Å². The van der Waals surface area contributed by atoms with Gasteiger partial charge in [-0.1, -0.05) is 0 Å². The zero-order valence-corrected chi connectivity index (χ0v) is 15.8. The van der Waals surface area contributed by atoms with E-state index in [-0.39, 0.29) is 29.5 Å². The summed E-state index contributed by atoms with van der Waals surface area (Å²) in [6, 6.07) is 5.15. The SMILES string of the molecule is O=C(CC12CC3CC(CC(C3)C1)C2)NCC(=O)Nc1ccc2[nH]c(=O)[nH]c2c1. The second-order valence-electron chi connectivity index (χ2n) is 9.26. The smallest absolute Gasteiger partial charge is 0.323 e. The molecule has 0 aliphatic heterocycles. The van der Waals surface area contributed by atoms with Gasteiger partial charge in [0, 0.05) is 12.1 Å². The molecule has 28 heavy (non-hydrogen) atoms. The Labute approximate surface area is 162 Å². The number of fused-ring (bicyclic) bond motifs is 1. The van der Waals surface area contributed by atoms with Gasteiger partial charge >= 0.3 is 5.69 Å². The fraction of sp³-hybridized carbons (Fsp3) is 0.571. The van der Waals surface area contributed by atoms with Gasteiger partial charge in [-0.05, 0) is 79.9 Å². The van der Waals surface area contributed by atoms with E-state index in [0.29, 0.717) is 23.1 Å². The summed E-state index contributed by atoms with van der Waals surface area (Å²) in [7, 11) is 0. The van der Waals surface area contributed by atoms with Crippen molar-refractivity contribution in [3.8, 4) is 0 Å². The quantitative estimate of drug-likeness (QED) is 0.638. The normalized spacial score (nSPS) is 30.5. The van der Waals surface area contributed by atoms with Crippen molar-refractivity contribution in [2.45, 2.75) is 44.9 Å². The Hall–Kier alpha value is -2.57. The van der Waals surface area contributed by atoms with Gasteiger partial charge in [-0.3, -0.25) is 9.59 Å². The van der Waals surface area contributed by atoms with Crippen molar-refractivity contribution in [1.29, 1.82) is 0 Å². The van der Waals surface area contributed by atoms with Crippen molar-refractivity contribution in [2.24, 2.45) is 23.2 Å². The van der Waals surface area contributed by atoms with Crippen LogP contribution in [-0.4, -0.2) is 28.3 Å². The molecule has 0 saturated heterocycles. The average molecular weight is 382 g/mol. The number of hydrogen-bond acceptors (Lipinski definition) is 3. The van der Waals surface area contributed by atoms with E-state index in [9.17, 15) is 14.4 Å². The van der Waals surface area contributed by atoms with Gasteiger partial charge in [0.2, 0.25) is 11.8 Å². The number of nitrogens with one attached hydrogen (secondary N) is 4. The first-order chi connectivity index (χ1) is 13.5. The lowest BCUT2D eigenvalue weighted by Crippen LogP contribution is -2.48. The summed E-state index contributed by atoms with van der Waals surface area (Å²) in [6.45, 7) is -0.0348. The van der Waals surface area contributed by atoms with Crippen molar-refractivity contribution >= 4 is 28.5 Å². The number of aromatic amines is 2. The Kier molecular flexibility index (Phi) is 4.07. The maximum absolute atomic E-state index is 12.5. The Morgan fingerprint density at radius 1 is 0.964 bits per heavy atom. The Morgan fingerprint density at radius 3 is 2.29 bits per heavy atom. The van der Waals surface area contributed by atoms with Gasteiger partial charge in [-0.2, -0.15) is 0 Å². The molecule has 4 aliphatic carbocycles. The molecule has 2 amide bonds. The Morgan fingerprint density at radius 2 is 1.61 bits per heavy atom. The second-order valence-corrected chi connectivity index (χ2v) is 9.26. The molecule has 0 atom stereocenters. The summed E-state index contributed by atoms with van der Waals surface area (Å²) in [6.07, 6.45) is 8.20. The lowest BCUT2D eigenvalue weighted by atomic mass is 9.49. The minimum Gasteiger partial charge on any atom is -0.347 e. The van der Waals surface area contributed by atoms with E-state index in [4.69, 9.17) is 0 Å². The highest BCUT2D eigenvalue weighted by atomic mass is 16.2. The van der Waals surface area contributed by atoms with Crippen LogP contribution in [0.3, 0.4) is 0 Å². The summed E-state index contributed by atoms with van der Waals surface area (Å²) in [5, 5.41) is 5.57. The molecule has 0 unspecified atom stereocenters. The molecule has 1 aromatic heterocycles. The van der Waals surface area contributed by atoms with Crippen LogP contribution < -0.4 is 16.3 Å². The van der Waals surface area contributed by atoms with Crippen LogP contribution in [0, 0.1) is 23.2 Å². The van der Waals surface area contributed by atoms with E-state index >= 15 is 0 Å². The molecule has 0 spiro atoms. The van der Waals surface area contributed by atoms with Crippen molar-refractivity contribution < 1.29 is 9.59 Å². The number of amides is 2. The average Bonchev–Trinajstić information content (AvgIpc) is 2.97. The Balaban J connectivity index is 1.15. The molecule has 7 nitrogen and oxygen atoms in total. The fourth-order valence-electron chi connectivity index (χ4n) is 6.40. The monoisotopic (exact) mass is 382 g/mol. The molecule has 2 aromatic rings. The van der Waals surface area contributed by atoms with Crippen LogP contribution in [-0.2, 0) is 9.59 Å². The van der Waals surface area contributed by atoms with E-state index in [1.807, 2.05) is 0 Å². The first-order valence-electron chi connectivity index (χ1n) is 10.2. The van der Waals surface area contributed by atoms with Gasteiger partial charge in [0.1, 0.15) is 0 Å². The van der Waals surface area contributed by atoms with E-state index in [1.54, 1.807) is 18.2 Å². The number of anilines is 1. The highest BCUT2D eigenvalue weighted by Crippen LogP contribution is 2.61. The van der Waals surface area contributed by atoms with Gasteiger partial charge in [0.15, 0.2) is 0 Å². The lowest BCUT2D eigenvalue weighted by molar-refractivity contribution is -0.131. The zero-order chi connectivity index (χ0) is 19.3. The molecule has 4 aliphatic rings. The maximum Gasteiger partial charge on any atom is 0.323 e. The van der Waals surface area contributed by atoms with Crippen molar-refractivity contribution in [1.82, 2.24) is 15.3 Å². The lowest BCUT2D eigenvalue weighted by Gasteiger charge is -2.56. The number of hydrogen-bond donors (Lipinski definition) is 4. The summed E-state index contributed by atoms with van der Waals surface area (Å²) in [5.41, 5.74) is 1.81. The summed E-state index contributed by atoms with van der Waals surface area (Å²) < 4.78 is 0. The largest absolute Gasteiger partial charge is 0.347 e. The van der Waals surface area contributed by atoms with Gasteiger partial charge in [-0.25, -0.2) is 4.79 Å². The number of carbonyl (C=O) groups is 2.